The summed E-state index contributed by atoms with van der Waals surface area (Å²) in [5.41, 5.74) is 2.41. The Bertz CT molecular complexity index is 822. The zero-order valence-electron chi connectivity index (χ0n) is 15.9. The minimum atomic E-state index is -2.28. The molecule has 3 rings (SSSR count). The van der Waals surface area contributed by atoms with Gasteiger partial charge in [-0.1, -0.05) is 42.5 Å². The highest BCUT2D eigenvalue weighted by Gasteiger charge is 2.51. The summed E-state index contributed by atoms with van der Waals surface area (Å²) in [5, 5.41) is 0.894. The molecule has 1 fully saturated rings. The van der Waals surface area contributed by atoms with Crippen LogP contribution in [0.5, 0.6) is 0 Å². The van der Waals surface area contributed by atoms with Crippen LogP contribution >= 0.6 is 7.14 Å². The Kier molecular flexibility index (Phi) is 4.52. The zero-order chi connectivity index (χ0) is 18.5. The van der Waals surface area contributed by atoms with E-state index in [0.29, 0.717) is 0 Å². The Labute approximate surface area is 151 Å². The third-order valence-electron chi connectivity index (χ3n) is 5.21. The van der Waals surface area contributed by atoms with Gasteiger partial charge in [0.15, 0.2) is 0 Å². The van der Waals surface area contributed by atoms with Crippen LogP contribution in [0.25, 0.3) is 11.1 Å². The highest BCUT2D eigenvalue weighted by atomic mass is 31.2. The summed E-state index contributed by atoms with van der Waals surface area (Å²) >= 11 is 0. The molecule has 0 bridgehead atoms. The lowest BCUT2D eigenvalue weighted by molar-refractivity contribution is 0.00578. The van der Waals surface area contributed by atoms with Crippen molar-refractivity contribution in [3.63, 3.8) is 0 Å². The predicted molar refractivity (Wildman–Crippen MR) is 107 cm³/mol. The Balaban J connectivity index is 1.95. The van der Waals surface area contributed by atoms with Crippen LogP contribution in [0.2, 0.25) is 0 Å². The van der Waals surface area contributed by atoms with E-state index in [4.69, 9.17) is 9.31 Å². The lowest BCUT2D eigenvalue weighted by Crippen LogP contribution is -2.41. The van der Waals surface area contributed by atoms with Gasteiger partial charge in [-0.15, -0.1) is 0 Å². The van der Waals surface area contributed by atoms with Crippen molar-refractivity contribution in [2.45, 2.75) is 38.9 Å². The topological polar surface area (TPSA) is 35.5 Å². The average Bonchev–Trinajstić information content (AvgIpc) is 2.75. The zero-order valence-corrected chi connectivity index (χ0v) is 16.8. The molecule has 0 radical (unpaired) electrons. The maximum absolute atomic E-state index is 12.4. The Hall–Kier alpha value is -1.35. The molecule has 3 nitrogen and oxygen atoms in total. The molecule has 2 aromatic rings. The fraction of sp³-hybridized carbons (Fsp3) is 0.400. The minimum Gasteiger partial charge on any atom is -0.399 e. The van der Waals surface area contributed by atoms with Gasteiger partial charge in [0.2, 0.25) is 0 Å². The molecule has 25 heavy (non-hydrogen) atoms. The molecule has 0 amide bonds. The van der Waals surface area contributed by atoms with Gasteiger partial charge >= 0.3 is 7.12 Å². The van der Waals surface area contributed by atoms with E-state index in [9.17, 15) is 4.57 Å². The number of hydrogen-bond donors (Lipinski definition) is 0. The van der Waals surface area contributed by atoms with Crippen LogP contribution in [-0.2, 0) is 13.9 Å². The molecule has 0 atom stereocenters. The summed E-state index contributed by atoms with van der Waals surface area (Å²) in [4.78, 5) is 0. The van der Waals surface area contributed by atoms with Gasteiger partial charge in [-0.05, 0) is 63.7 Å². The SMILES string of the molecule is CC1(C)OB(c2cccc(-c3cccc(P(C)(C)=O)c3)c2)OC1(C)C. The monoisotopic (exact) mass is 356 g/mol. The lowest BCUT2D eigenvalue weighted by atomic mass is 9.78. The van der Waals surface area contributed by atoms with Gasteiger partial charge in [0.1, 0.15) is 7.14 Å². The Morgan fingerprint density at radius 2 is 1.36 bits per heavy atom. The van der Waals surface area contributed by atoms with Crippen LogP contribution in [0.3, 0.4) is 0 Å². The molecule has 0 spiro atoms. The van der Waals surface area contributed by atoms with Crippen molar-refractivity contribution >= 4 is 25.0 Å². The van der Waals surface area contributed by atoms with E-state index >= 15 is 0 Å². The molecular weight excluding hydrogens is 330 g/mol. The predicted octanol–water partition coefficient (Wildman–Crippen LogP) is 3.90. The van der Waals surface area contributed by atoms with E-state index in [-0.39, 0.29) is 18.3 Å². The van der Waals surface area contributed by atoms with Crippen LogP contribution in [0, 0.1) is 0 Å². The first kappa shape index (κ1) is 18.4. The molecule has 1 saturated heterocycles. The fourth-order valence-corrected chi connectivity index (χ4v) is 3.76. The lowest BCUT2D eigenvalue weighted by Gasteiger charge is -2.32. The largest absolute Gasteiger partial charge is 0.494 e. The van der Waals surface area contributed by atoms with Crippen molar-refractivity contribution in [3.8, 4) is 11.1 Å². The molecule has 2 aromatic carbocycles. The summed E-state index contributed by atoms with van der Waals surface area (Å²) in [6.45, 7) is 11.8. The molecule has 0 unspecified atom stereocenters. The number of benzene rings is 2. The van der Waals surface area contributed by atoms with Gasteiger partial charge in [-0.2, -0.15) is 0 Å². The van der Waals surface area contributed by atoms with Crippen LogP contribution < -0.4 is 10.8 Å². The standard InChI is InChI=1S/C20H26BO3P/c1-19(2)20(3,4)24-21(23-19)17-11-7-9-15(13-17)16-10-8-12-18(14-16)25(5,6)22/h7-14H,1-6H3. The van der Waals surface area contributed by atoms with E-state index in [0.717, 1.165) is 21.9 Å². The average molecular weight is 356 g/mol. The maximum atomic E-state index is 12.4. The van der Waals surface area contributed by atoms with Crippen molar-refractivity contribution in [2.24, 2.45) is 0 Å². The first-order valence-electron chi connectivity index (χ1n) is 8.61. The molecule has 1 aliphatic heterocycles. The third-order valence-corrected chi connectivity index (χ3v) is 6.74. The second-order valence-corrected chi connectivity index (χ2v) is 11.3. The molecule has 0 N–H and O–H groups in total. The van der Waals surface area contributed by atoms with Gasteiger partial charge in [0, 0.05) is 5.30 Å². The van der Waals surface area contributed by atoms with Gasteiger partial charge in [0.05, 0.1) is 11.2 Å². The highest BCUT2D eigenvalue weighted by Crippen LogP contribution is 2.37. The summed E-state index contributed by atoms with van der Waals surface area (Å²) in [6, 6.07) is 16.2. The van der Waals surface area contributed by atoms with Crippen molar-refractivity contribution in [3.05, 3.63) is 48.5 Å². The summed E-state index contributed by atoms with van der Waals surface area (Å²) in [6.07, 6.45) is 0. The molecule has 1 aliphatic rings. The van der Waals surface area contributed by atoms with Gasteiger partial charge in [0.25, 0.3) is 0 Å². The van der Waals surface area contributed by atoms with Gasteiger partial charge < -0.3 is 13.9 Å². The normalized spacial score (nSPS) is 19.2. The first-order chi connectivity index (χ1) is 11.5. The molecule has 1 heterocycles. The number of hydrogen-bond acceptors (Lipinski definition) is 3. The van der Waals surface area contributed by atoms with E-state index in [1.54, 1.807) is 13.3 Å². The van der Waals surface area contributed by atoms with Gasteiger partial charge in [-0.25, -0.2) is 0 Å². The molecule has 0 aromatic heterocycles. The summed E-state index contributed by atoms with van der Waals surface area (Å²) < 4.78 is 24.7. The molecule has 132 valence electrons. The van der Waals surface area contributed by atoms with Crippen LogP contribution in [0.15, 0.2) is 48.5 Å². The molecule has 5 heteroatoms. The van der Waals surface area contributed by atoms with E-state index in [1.165, 1.54) is 0 Å². The first-order valence-corrected chi connectivity index (χ1v) is 11.2. The number of rotatable bonds is 3. The third kappa shape index (κ3) is 3.62. The maximum Gasteiger partial charge on any atom is 0.494 e. The van der Waals surface area contributed by atoms with Gasteiger partial charge in [-0.3, -0.25) is 0 Å². The van der Waals surface area contributed by atoms with Crippen molar-refractivity contribution in [2.75, 3.05) is 13.3 Å². The second kappa shape index (κ2) is 6.12. The summed E-state index contributed by atoms with van der Waals surface area (Å²) in [5.74, 6) is 0. The van der Waals surface area contributed by atoms with E-state index < -0.39 is 7.14 Å². The van der Waals surface area contributed by atoms with Crippen LogP contribution in [-0.4, -0.2) is 31.7 Å². The van der Waals surface area contributed by atoms with E-state index in [1.807, 2.05) is 36.4 Å². The Morgan fingerprint density at radius 3 is 1.92 bits per heavy atom. The smallest absolute Gasteiger partial charge is 0.399 e. The molecule has 0 aliphatic carbocycles. The Morgan fingerprint density at radius 1 is 0.840 bits per heavy atom. The summed E-state index contributed by atoms with van der Waals surface area (Å²) in [7, 11) is -2.66. The van der Waals surface area contributed by atoms with Crippen molar-refractivity contribution in [1.82, 2.24) is 0 Å². The van der Waals surface area contributed by atoms with Crippen LogP contribution in [0.4, 0.5) is 0 Å². The fourth-order valence-electron chi connectivity index (χ4n) is 2.86. The molecule has 0 saturated carbocycles. The van der Waals surface area contributed by atoms with Crippen molar-refractivity contribution in [1.29, 1.82) is 0 Å². The second-order valence-electron chi connectivity index (χ2n) is 8.11. The minimum absolute atomic E-state index is 0.356. The quantitative estimate of drug-likeness (QED) is 0.618. The molecular formula is C20H26BO3P. The van der Waals surface area contributed by atoms with Crippen LogP contribution in [0.1, 0.15) is 27.7 Å². The highest BCUT2D eigenvalue weighted by molar-refractivity contribution is 7.70. The van der Waals surface area contributed by atoms with E-state index in [2.05, 4.69) is 39.8 Å². The van der Waals surface area contributed by atoms with Crippen molar-refractivity contribution < 1.29 is 13.9 Å².